The molecule has 0 atom stereocenters. The van der Waals surface area contributed by atoms with Crippen molar-refractivity contribution in [2.75, 3.05) is 18.5 Å². The van der Waals surface area contributed by atoms with E-state index in [1.54, 1.807) is 19.2 Å². The fourth-order valence-electron chi connectivity index (χ4n) is 2.87. The summed E-state index contributed by atoms with van der Waals surface area (Å²) in [6.45, 7) is 1.51. The van der Waals surface area contributed by atoms with Gasteiger partial charge in [-0.2, -0.15) is 0 Å². The van der Waals surface area contributed by atoms with E-state index in [0.717, 1.165) is 24.5 Å². The minimum Gasteiger partial charge on any atom is -0.366 e. The summed E-state index contributed by atoms with van der Waals surface area (Å²) in [7, 11) is 1.78. The number of nitrogens with zero attached hydrogens (tertiary/aromatic N) is 2. The zero-order chi connectivity index (χ0) is 16.2. The van der Waals surface area contributed by atoms with Crippen molar-refractivity contribution >= 4 is 17.6 Å². The van der Waals surface area contributed by atoms with Gasteiger partial charge < -0.3 is 16.0 Å². The number of fused-ring (bicyclic) bond motifs is 1. The Kier molecular flexibility index (Phi) is 4.28. The summed E-state index contributed by atoms with van der Waals surface area (Å²) in [5.41, 5.74) is 9.38. The number of nitrogens with one attached hydrogen (secondary N) is 1. The molecule has 1 heterocycles. The maximum atomic E-state index is 11.3. The number of carbonyl (C=O) groups is 1. The molecule has 5 nitrogen and oxygen atoms in total. The zero-order valence-corrected chi connectivity index (χ0v) is 13.1. The molecule has 2 aromatic rings. The van der Waals surface area contributed by atoms with E-state index in [4.69, 9.17) is 5.73 Å². The summed E-state index contributed by atoms with van der Waals surface area (Å²) < 4.78 is 0. The highest BCUT2D eigenvalue weighted by Gasteiger charge is 2.22. The number of nitrogens with two attached hydrogens (primary N) is 1. The topological polar surface area (TPSA) is 70.7 Å². The number of anilines is 1. The second-order valence-corrected chi connectivity index (χ2v) is 5.50. The normalized spacial score (nSPS) is 13.8. The maximum Gasteiger partial charge on any atom is 0.248 e. The lowest BCUT2D eigenvalue weighted by Crippen LogP contribution is -2.40. The van der Waals surface area contributed by atoms with Crippen molar-refractivity contribution in [1.29, 1.82) is 0 Å². The molecule has 3 rings (SSSR count). The first-order chi connectivity index (χ1) is 11.2. The maximum absolute atomic E-state index is 11.3. The minimum absolute atomic E-state index is 0.412. The van der Waals surface area contributed by atoms with Crippen molar-refractivity contribution in [3.63, 3.8) is 0 Å². The van der Waals surface area contributed by atoms with E-state index in [-0.39, 0.29) is 0 Å². The van der Waals surface area contributed by atoms with Crippen LogP contribution in [0.15, 0.2) is 53.5 Å². The number of guanidine groups is 1. The molecule has 1 amide bonds. The highest BCUT2D eigenvalue weighted by atomic mass is 16.1. The first kappa shape index (κ1) is 15.1. The van der Waals surface area contributed by atoms with Crippen molar-refractivity contribution in [3.8, 4) is 0 Å². The molecule has 0 bridgehead atoms. The van der Waals surface area contributed by atoms with Crippen LogP contribution in [0.1, 0.15) is 21.5 Å². The molecule has 1 aliphatic heterocycles. The molecule has 1 aliphatic rings. The van der Waals surface area contributed by atoms with Crippen molar-refractivity contribution in [1.82, 2.24) is 5.32 Å². The van der Waals surface area contributed by atoms with Crippen LogP contribution in [0.25, 0.3) is 0 Å². The van der Waals surface area contributed by atoms with Crippen LogP contribution in [-0.2, 0) is 13.0 Å². The summed E-state index contributed by atoms with van der Waals surface area (Å²) in [4.78, 5) is 17.8. The van der Waals surface area contributed by atoms with Crippen molar-refractivity contribution in [2.45, 2.75) is 13.0 Å². The van der Waals surface area contributed by atoms with Crippen LogP contribution in [0.4, 0.5) is 5.69 Å². The summed E-state index contributed by atoms with van der Waals surface area (Å²) in [6, 6.07) is 15.7. The SMILES string of the molecule is CN=C(NCc1cccc(C(N)=O)c1)N1CCc2ccccc21. The summed E-state index contributed by atoms with van der Waals surface area (Å²) >= 11 is 0. The molecule has 5 heteroatoms. The molecular formula is C18H20N4O. The van der Waals surface area contributed by atoms with Gasteiger partial charge in [0.05, 0.1) is 0 Å². The lowest BCUT2D eigenvalue weighted by Gasteiger charge is -2.22. The van der Waals surface area contributed by atoms with E-state index < -0.39 is 5.91 Å². The number of benzene rings is 2. The lowest BCUT2D eigenvalue weighted by atomic mass is 10.1. The third-order valence-corrected chi connectivity index (χ3v) is 4.02. The number of hydrogen-bond acceptors (Lipinski definition) is 2. The number of para-hydroxylation sites is 1. The van der Waals surface area contributed by atoms with Gasteiger partial charge in [0, 0.05) is 31.4 Å². The van der Waals surface area contributed by atoms with Gasteiger partial charge in [0.1, 0.15) is 0 Å². The quantitative estimate of drug-likeness (QED) is 0.672. The number of carbonyl (C=O) groups excluding carboxylic acids is 1. The van der Waals surface area contributed by atoms with Gasteiger partial charge in [-0.15, -0.1) is 0 Å². The van der Waals surface area contributed by atoms with E-state index in [1.165, 1.54) is 11.3 Å². The van der Waals surface area contributed by atoms with Crippen LogP contribution in [0.2, 0.25) is 0 Å². The molecular weight excluding hydrogens is 288 g/mol. The van der Waals surface area contributed by atoms with Gasteiger partial charge in [0.2, 0.25) is 5.91 Å². The number of amides is 1. The molecule has 0 aliphatic carbocycles. The first-order valence-electron chi connectivity index (χ1n) is 7.64. The Labute approximate surface area is 135 Å². The lowest BCUT2D eigenvalue weighted by molar-refractivity contribution is 0.1000. The largest absolute Gasteiger partial charge is 0.366 e. The number of rotatable bonds is 3. The standard InChI is InChI=1S/C18H20N4O/c1-20-18(22-10-9-14-6-2-3-8-16(14)22)21-12-13-5-4-7-15(11-13)17(19)23/h2-8,11H,9-10,12H2,1H3,(H2,19,23)(H,20,21). The number of hydrogen-bond donors (Lipinski definition) is 2. The molecule has 0 spiro atoms. The molecule has 0 radical (unpaired) electrons. The van der Waals surface area contributed by atoms with Crippen molar-refractivity contribution in [3.05, 3.63) is 65.2 Å². The second kappa shape index (κ2) is 6.52. The van der Waals surface area contributed by atoms with E-state index >= 15 is 0 Å². The van der Waals surface area contributed by atoms with E-state index in [2.05, 4.69) is 33.4 Å². The van der Waals surface area contributed by atoms with Crippen LogP contribution in [0, 0.1) is 0 Å². The Hall–Kier alpha value is -2.82. The molecule has 3 N–H and O–H groups in total. The monoisotopic (exact) mass is 308 g/mol. The molecule has 0 aromatic heterocycles. The smallest absolute Gasteiger partial charge is 0.248 e. The Morgan fingerprint density at radius 3 is 2.87 bits per heavy atom. The third-order valence-electron chi connectivity index (χ3n) is 4.02. The Balaban J connectivity index is 1.72. The predicted octanol–water partition coefficient (Wildman–Crippen LogP) is 1.92. The van der Waals surface area contributed by atoms with Gasteiger partial charge in [-0.3, -0.25) is 9.79 Å². The van der Waals surface area contributed by atoms with Gasteiger partial charge in [-0.25, -0.2) is 0 Å². The second-order valence-electron chi connectivity index (χ2n) is 5.50. The van der Waals surface area contributed by atoms with Crippen LogP contribution in [0.3, 0.4) is 0 Å². The Bertz CT molecular complexity index is 754. The average molecular weight is 308 g/mol. The van der Waals surface area contributed by atoms with E-state index in [1.807, 2.05) is 18.2 Å². The Morgan fingerprint density at radius 1 is 1.26 bits per heavy atom. The molecule has 0 unspecified atom stereocenters. The molecule has 0 saturated carbocycles. The van der Waals surface area contributed by atoms with Crippen LogP contribution >= 0.6 is 0 Å². The van der Waals surface area contributed by atoms with Crippen LogP contribution in [-0.4, -0.2) is 25.5 Å². The van der Waals surface area contributed by atoms with E-state index in [0.29, 0.717) is 12.1 Å². The summed E-state index contributed by atoms with van der Waals surface area (Å²) in [5.74, 6) is 0.420. The fraction of sp³-hybridized carbons (Fsp3) is 0.222. The zero-order valence-electron chi connectivity index (χ0n) is 13.1. The third kappa shape index (κ3) is 3.18. The predicted molar refractivity (Wildman–Crippen MR) is 92.7 cm³/mol. The first-order valence-corrected chi connectivity index (χ1v) is 7.64. The minimum atomic E-state index is -0.412. The van der Waals surface area contributed by atoms with Crippen molar-refractivity contribution in [2.24, 2.45) is 10.7 Å². The Morgan fingerprint density at radius 2 is 2.09 bits per heavy atom. The van der Waals surface area contributed by atoms with Gasteiger partial charge >= 0.3 is 0 Å². The van der Waals surface area contributed by atoms with Gasteiger partial charge in [0.25, 0.3) is 0 Å². The average Bonchev–Trinajstić information content (AvgIpc) is 3.00. The fourth-order valence-corrected chi connectivity index (χ4v) is 2.87. The van der Waals surface area contributed by atoms with Crippen LogP contribution < -0.4 is 16.0 Å². The highest BCUT2D eigenvalue weighted by Crippen LogP contribution is 2.27. The highest BCUT2D eigenvalue weighted by molar-refractivity contribution is 5.98. The van der Waals surface area contributed by atoms with Crippen molar-refractivity contribution < 1.29 is 4.79 Å². The number of aliphatic imine (C=N–C) groups is 1. The molecule has 118 valence electrons. The van der Waals surface area contributed by atoms with Crippen LogP contribution in [0.5, 0.6) is 0 Å². The summed E-state index contributed by atoms with van der Waals surface area (Å²) in [6.07, 6.45) is 1.02. The molecule has 23 heavy (non-hydrogen) atoms. The van der Waals surface area contributed by atoms with Gasteiger partial charge in [0.15, 0.2) is 5.96 Å². The number of primary amides is 1. The van der Waals surface area contributed by atoms with E-state index in [9.17, 15) is 4.79 Å². The summed E-state index contributed by atoms with van der Waals surface area (Å²) in [5, 5.41) is 3.36. The molecule has 2 aromatic carbocycles. The molecule has 0 fully saturated rings. The molecule has 0 saturated heterocycles. The van der Waals surface area contributed by atoms with Gasteiger partial charge in [-0.05, 0) is 35.7 Å². The van der Waals surface area contributed by atoms with Gasteiger partial charge in [-0.1, -0.05) is 30.3 Å².